The van der Waals surface area contributed by atoms with Crippen LogP contribution < -0.4 is 0 Å². The average molecular weight is 268 g/mol. The van der Waals surface area contributed by atoms with Gasteiger partial charge in [-0.25, -0.2) is 0 Å². The van der Waals surface area contributed by atoms with Gasteiger partial charge in [-0.05, 0) is 20.2 Å². The maximum absolute atomic E-state index is 12.0. The first-order valence-electron chi connectivity index (χ1n) is 6.10. The van der Waals surface area contributed by atoms with Crippen molar-refractivity contribution in [1.82, 2.24) is 19.6 Å². The summed E-state index contributed by atoms with van der Waals surface area (Å²) >= 11 is 0. The zero-order valence-corrected chi connectivity index (χ0v) is 11.3. The standard InChI is InChI=1S/C12H20N4O3/c1-14(2)8-9-15(10-12(18)19)11(17)4-7-16-6-3-5-13-16/h3,5-6H,4,7-10H2,1-2H3,(H,18,19). The van der Waals surface area contributed by atoms with Crippen LogP contribution in [0.15, 0.2) is 18.5 Å². The molecule has 1 N–H and O–H groups in total. The fourth-order valence-electron chi connectivity index (χ4n) is 1.58. The first kappa shape index (κ1) is 15.2. The summed E-state index contributed by atoms with van der Waals surface area (Å²) in [6, 6.07) is 1.78. The molecule has 0 aliphatic rings. The van der Waals surface area contributed by atoms with E-state index in [1.807, 2.05) is 19.0 Å². The molecule has 0 aliphatic heterocycles. The van der Waals surface area contributed by atoms with E-state index in [1.165, 1.54) is 4.90 Å². The summed E-state index contributed by atoms with van der Waals surface area (Å²) in [5, 5.41) is 12.8. The highest BCUT2D eigenvalue weighted by molar-refractivity contribution is 5.81. The van der Waals surface area contributed by atoms with E-state index in [4.69, 9.17) is 5.11 Å². The van der Waals surface area contributed by atoms with Gasteiger partial charge in [-0.2, -0.15) is 5.10 Å². The number of aryl methyl sites for hydroxylation is 1. The molecule has 0 atom stereocenters. The molecule has 1 rings (SSSR count). The van der Waals surface area contributed by atoms with Crippen molar-refractivity contribution in [3.8, 4) is 0 Å². The van der Waals surface area contributed by atoms with Crippen molar-refractivity contribution in [2.45, 2.75) is 13.0 Å². The molecule has 0 saturated carbocycles. The maximum atomic E-state index is 12.0. The molecule has 0 aliphatic carbocycles. The molecule has 0 radical (unpaired) electrons. The van der Waals surface area contributed by atoms with Crippen LogP contribution in [0.2, 0.25) is 0 Å². The number of hydrogen-bond donors (Lipinski definition) is 1. The van der Waals surface area contributed by atoms with Crippen LogP contribution in [0, 0.1) is 0 Å². The summed E-state index contributed by atoms with van der Waals surface area (Å²) in [5.41, 5.74) is 0. The van der Waals surface area contributed by atoms with Gasteiger partial charge in [0.15, 0.2) is 0 Å². The molecule has 7 heteroatoms. The summed E-state index contributed by atoms with van der Waals surface area (Å²) in [6.07, 6.45) is 3.67. The van der Waals surface area contributed by atoms with Gasteiger partial charge in [0, 0.05) is 38.4 Å². The number of hydrogen-bond acceptors (Lipinski definition) is 4. The number of rotatable bonds is 8. The van der Waals surface area contributed by atoms with Crippen molar-refractivity contribution >= 4 is 11.9 Å². The van der Waals surface area contributed by atoms with E-state index in [2.05, 4.69) is 5.10 Å². The van der Waals surface area contributed by atoms with E-state index < -0.39 is 5.97 Å². The van der Waals surface area contributed by atoms with Gasteiger partial charge in [-0.15, -0.1) is 0 Å². The predicted molar refractivity (Wildman–Crippen MR) is 69.6 cm³/mol. The van der Waals surface area contributed by atoms with Crippen LogP contribution in [0.3, 0.4) is 0 Å². The molecule has 1 heterocycles. The first-order valence-corrected chi connectivity index (χ1v) is 6.10. The molecule has 0 spiro atoms. The van der Waals surface area contributed by atoms with E-state index >= 15 is 0 Å². The maximum Gasteiger partial charge on any atom is 0.323 e. The molecule has 1 aromatic heterocycles. The zero-order chi connectivity index (χ0) is 14.3. The third-order valence-electron chi connectivity index (χ3n) is 2.61. The number of carbonyl (C=O) groups is 2. The molecule has 1 aromatic rings. The van der Waals surface area contributed by atoms with E-state index in [0.717, 1.165) is 0 Å². The van der Waals surface area contributed by atoms with Crippen molar-refractivity contribution in [2.75, 3.05) is 33.7 Å². The Morgan fingerprint density at radius 3 is 2.58 bits per heavy atom. The Balaban J connectivity index is 2.47. The lowest BCUT2D eigenvalue weighted by molar-refractivity contribution is -0.144. The second-order valence-corrected chi connectivity index (χ2v) is 4.53. The fraction of sp³-hybridized carbons (Fsp3) is 0.583. The Bertz CT molecular complexity index is 403. The molecule has 0 fully saturated rings. The first-order chi connectivity index (χ1) is 8.99. The number of carbonyl (C=O) groups excluding carboxylic acids is 1. The number of carboxylic acids is 1. The molecule has 19 heavy (non-hydrogen) atoms. The number of nitrogens with zero attached hydrogens (tertiary/aromatic N) is 4. The quantitative estimate of drug-likeness (QED) is 0.703. The van der Waals surface area contributed by atoms with Crippen LogP contribution >= 0.6 is 0 Å². The van der Waals surface area contributed by atoms with Crippen LogP contribution in [-0.2, 0) is 16.1 Å². The van der Waals surface area contributed by atoms with E-state index in [-0.39, 0.29) is 18.9 Å². The Hall–Kier alpha value is -1.89. The number of carboxylic acid groups (broad SMARTS) is 1. The molecule has 0 bridgehead atoms. The van der Waals surface area contributed by atoms with Gasteiger partial charge < -0.3 is 14.9 Å². The number of amides is 1. The number of aromatic nitrogens is 2. The summed E-state index contributed by atoms with van der Waals surface area (Å²) in [6.45, 7) is 1.26. The minimum absolute atomic E-state index is 0.167. The minimum atomic E-state index is -0.994. The average Bonchev–Trinajstić information content (AvgIpc) is 2.83. The van der Waals surface area contributed by atoms with Crippen molar-refractivity contribution in [2.24, 2.45) is 0 Å². The monoisotopic (exact) mass is 268 g/mol. The molecule has 0 saturated heterocycles. The van der Waals surface area contributed by atoms with E-state index in [0.29, 0.717) is 19.6 Å². The molecular weight excluding hydrogens is 248 g/mol. The van der Waals surface area contributed by atoms with E-state index in [9.17, 15) is 9.59 Å². The topological polar surface area (TPSA) is 78.7 Å². The third kappa shape index (κ3) is 6.01. The Labute approximate surface area is 112 Å². The van der Waals surface area contributed by atoms with E-state index in [1.54, 1.807) is 23.1 Å². The Morgan fingerprint density at radius 1 is 1.32 bits per heavy atom. The molecule has 106 valence electrons. The second-order valence-electron chi connectivity index (χ2n) is 4.53. The summed E-state index contributed by atoms with van der Waals surface area (Å²) in [5.74, 6) is -1.16. The Kier molecular flexibility index (Phi) is 6.01. The second kappa shape index (κ2) is 7.52. The van der Waals surface area contributed by atoms with Gasteiger partial charge in [0.05, 0.1) is 0 Å². The largest absolute Gasteiger partial charge is 0.480 e. The summed E-state index contributed by atoms with van der Waals surface area (Å²) in [7, 11) is 3.76. The van der Waals surface area contributed by atoms with Crippen molar-refractivity contribution in [1.29, 1.82) is 0 Å². The smallest absolute Gasteiger partial charge is 0.323 e. The van der Waals surface area contributed by atoms with Crippen LogP contribution in [-0.4, -0.2) is 70.3 Å². The van der Waals surface area contributed by atoms with Gasteiger partial charge in [0.2, 0.25) is 5.91 Å². The number of likely N-dealkylation sites (N-methyl/N-ethyl adjacent to an activating group) is 1. The van der Waals surface area contributed by atoms with Crippen LogP contribution in [0.25, 0.3) is 0 Å². The highest BCUT2D eigenvalue weighted by Crippen LogP contribution is 1.98. The molecule has 0 unspecified atom stereocenters. The molecule has 1 amide bonds. The third-order valence-corrected chi connectivity index (χ3v) is 2.61. The number of aliphatic carboxylic acids is 1. The van der Waals surface area contributed by atoms with Crippen LogP contribution in [0.1, 0.15) is 6.42 Å². The molecule has 0 aromatic carbocycles. The lowest BCUT2D eigenvalue weighted by Gasteiger charge is -2.22. The minimum Gasteiger partial charge on any atom is -0.480 e. The van der Waals surface area contributed by atoms with Gasteiger partial charge in [-0.1, -0.05) is 0 Å². The van der Waals surface area contributed by atoms with Crippen molar-refractivity contribution in [3.63, 3.8) is 0 Å². The zero-order valence-electron chi connectivity index (χ0n) is 11.3. The normalized spacial score (nSPS) is 10.7. The van der Waals surface area contributed by atoms with Gasteiger partial charge >= 0.3 is 5.97 Å². The van der Waals surface area contributed by atoms with Crippen molar-refractivity contribution in [3.05, 3.63) is 18.5 Å². The van der Waals surface area contributed by atoms with Crippen LogP contribution in [0.5, 0.6) is 0 Å². The summed E-state index contributed by atoms with van der Waals surface area (Å²) in [4.78, 5) is 26.0. The fourth-order valence-corrected chi connectivity index (χ4v) is 1.58. The van der Waals surface area contributed by atoms with Gasteiger partial charge in [0.25, 0.3) is 0 Å². The van der Waals surface area contributed by atoms with Crippen molar-refractivity contribution < 1.29 is 14.7 Å². The SMILES string of the molecule is CN(C)CCN(CC(=O)O)C(=O)CCn1cccn1. The highest BCUT2D eigenvalue weighted by atomic mass is 16.4. The Morgan fingerprint density at radius 2 is 2.05 bits per heavy atom. The molecule has 7 nitrogen and oxygen atoms in total. The molecular formula is C12H20N4O3. The van der Waals surface area contributed by atoms with Crippen LogP contribution in [0.4, 0.5) is 0 Å². The van der Waals surface area contributed by atoms with Gasteiger partial charge in [-0.3, -0.25) is 14.3 Å². The lowest BCUT2D eigenvalue weighted by atomic mass is 10.3. The lowest BCUT2D eigenvalue weighted by Crippen LogP contribution is -2.40. The predicted octanol–water partition coefficient (Wildman–Crippen LogP) is -0.252. The summed E-state index contributed by atoms with van der Waals surface area (Å²) < 4.78 is 1.66. The van der Waals surface area contributed by atoms with Gasteiger partial charge in [0.1, 0.15) is 6.54 Å². The highest BCUT2D eigenvalue weighted by Gasteiger charge is 2.16.